The van der Waals surface area contributed by atoms with E-state index in [0.717, 1.165) is 18.0 Å². The monoisotopic (exact) mass is 254 g/mol. The van der Waals surface area contributed by atoms with Gasteiger partial charge in [0.15, 0.2) is 0 Å². The van der Waals surface area contributed by atoms with Crippen LogP contribution in [0.2, 0.25) is 0 Å². The third-order valence-corrected chi connectivity index (χ3v) is 3.19. The van der Waals surface area contributed by atoms with Gasteiger partial charge in [-0.3, -0.25) is 4.98 Å². The van der Waals surface area contributed by atoms with Crippen LogP contribution < -0.4 is 10.1 Å². The Morgan fingerprint density at radius 3 is 2.79 bits per heavy atom. The summed E-state index contributed by atoms with van der Waals surface area (Å²) in [6.45, 7) is 1.42. The van der Waals surface area contributed by atoms with Crippen molar-refractivity contribution in [3.8, 4) is 5.75 Å². The van der Waals surface area contributed by atoms with Gasteiger partial charge in [-0.2, -0.15) is 0 Å². The van der Waals surface area contributed by atoms with Crippen LogP contribution in [0, 0.1) is 0 Å². The minimum absolute atomic E-state index is 0.598. The van der Waals surface area contributed by atoms with Gasteiger partial charge in [-0.15, -0.1) is 0 Å². The van der Waals surface area contributed by atoms with Crippen LogP contribution in [0.15, 0.2) is 48.7 Å². The van der Waals surface area contributed by atoms with Gasteiger partial charge in [0, 0.05) is 24.8 Å². The molecular formula is C16H18N2O. The highest BCUT2D eigenvalue weighted by atomic mass is 16.5. The van der Waals surface area contributed by atoms with Gasteiger partial charge in [0.1, 0.15) is 12.4 Å². The number of nitrogens with one attached hydrogen (secondary N) is 1. The standard InChI is InChI=1S/C16H18N2O/c1-2-4-13(5-3-1)12-19-16-8-9-17-15(10-16)11-18-14-6-7-14/h1-5,8-10,14,18H,6-7,11-12H2. The topological polar surface area (TPSA) is 34.1 Å². The fourth-order valence-electron chi connectivity index (χ4n) is 1.92. The summed E-state index contributed by atoms with van der Waals surface area (Å²) in [5, 5.41) is 3.46. The summed E-state index contributed by atoms with van der Waals surface area (Å²) in [5.74, 6) is 0.881. The zero-order valence-corrected chi connectivity index (χ0v) is 10.9. The van der Waals surface area contributed by atoms with E-state index in [1.54, 1.807) is 0 Å². The normalized spacial score (nSPS) is 14.3. The highest BCUT2D eigenvalue weighted by molar-refractivity contribution is 5.23. The third-order valence-electron chi connectivity index (χ3n) is 3.19. The molecule has 3 heteroatoms. The molecule has 1 saturated carbocycles. The van der Waals surface area contributed by atoms with E-state index < -0.39 is 0 Å². The quantitative estimate of drug-likeness (QED) is 0.860. The molecule has 19 heavy (non-hydrogen) atoms. The first-order valence-electron chi connectivity index (χ1n) is 6.75. The molecule has 0 unspecified atom stereocenters. The van der Waals surface area contributed by atoms with Gasteiger partial charge >= 0.3 is 0 Å². The number of hydrogen-bond donors (Lipinski definition) is 1. The first-order chi connectivity index (χ1) is 9.40. The Kier molecular flexibility index (Phi) is 3.75. The Hall–Kier alpha value is -1.87. The van der Waals surface area contributed by atoms with Gasteiger partial charge in [0.05, 0.1) is 5.69 Å². The maximum Gasteiger partial charge on any atom is 0.123 e. The molecule has 0 spiro atoms. The average molecular weight is 254 g/mol. The van der Waals surface area contributed by atoms with E-state index in [1.807, 2.05) is 36.5 Å². The van der Waals surface area contributed by atoms with Crippen molar-refractivity contribution in [3.05, 3.63) is 59.9 Å². The van der Waals surface area contributed by atoms with Crippen LogP contribution in [0.5, 0.6) is 5.75 Å². The SMILES string of the molecule is c1ccc(COc2ccnc(CNC3CC3)c2)cc1. The molecule has 3 nitrogen and oxygen atoms in total. The van der Waals surface area contributed by atoms with E-state index in [9.17, 15) is 0 Å². The molecule has 0 bridgehead atoms. The summed E-state index contributed by atoms with van der Waals surface area (Å²) in [4.78, 5) is 4.35. The van der Waals surface area contributed by atoms with E-state index in [0.29, 0.717) is 12.6 Å². The van der Waals surface area contributed by atoms with E-state index in [-0.39, 0.29) is 0 Å². The van der Waals surface area contributed by atoms with Crippen LogP contribution in [0.25, 0.3) is 0 Å². The number of aromatic nitrogens is 1. The highest BCUT2D eigenvalue weighted by Crippen LogP contribution is 2.19. The van der Waals surface area contributed by atoms with E-state index >= 15 is 0 Å². The van der Waals surface area contributed by atoms with Crippen molar-refractivity contribution < 1.29 is 4.74 Å². The second kappa shape index (κ2) is 5.85. The van der Waals surface area contributed by atoms with Crippen molar-refractivity contribution in [2.24, 2.45) is 0 Å². The van der Waals surface area contributed by atoms with Crippen molar-refractivity contribution in [1.29, 1.82) is 0 Å². The number of rotatable bonds is 6. The van der Waals surface area contributed by atoms with E-state index in [4.69, 9.17) is 4.74 Å². The molecule has 0 saturated heterocycles. The van der Waals surface area contributed by atoms with Gasteiger partial charge < -0.3 is 10.1 Å². The van der Waals surface area contributed by atoms with Gasteiger partial charge in [-0.05, 0) is 24.5 Å². The Balaban J connectivity index is 1.56. The van der Waals surface area contributed by atoms with Crippen molar-refractivity contribution in [2.45, 2.75) is 32.0 Å². The number of ether oxygens (including phenoxy) is 1. The van der Waals surface area contributed by atoms with Gasteiger partial charge in [-0.1, -0.05) is 30.3 Å². The molecule has 0 radical (unpaired) electrons. The van der Waals surface area contributed by atoms with Crippen LogP contribution in [0.3, 0.4) is 0 Å². The lowest BCUT2D eigenvalue weighted by Crippen LogP contribution is -2.16. The molecule has 0 aliphatic heterocycles. The molecule has 0 atom stereocenters. The van der Waals surface area contributed by atoms with Crippen LogP contribution in [-0.2, 0) is 13.2 Å². The summed E-state index contributed by atoms with van der Waals surface area (Å²) in [6.07, 6.45) is 4.40. The molecule has 2 aromatic rings. The maximum atomic E-state index is 5.79. The fraction of sp³-hybridized carbons (Fsp3) is 0.312. The third kappa shape index (κ3) is 3.80. The lowest BCUT2D eigenvalue weighted by Gasteiger charge is -2.08. The molecule has 1 N–H and O–H groups in total. The van der Waals surface area contributed by atoms with Crippen LogP contribution in [0.1, 0.15) is 24.1 Å². The highest BCUT2D eigenvalue weighted by Gasteiger charge is 2.20. The van der Waals surface area contributed by atoms with E-state index in [2.05, 4.69) is 22.4 Å². The Bertz CT molecular complexity index is 523. The van der Waals surface area contributed by atoms with Gasteiger partial charge in [0.2, 0.25) is 0 Å². The predicted molar refractivity (Wildman–Crippen MR) is 74.9 cm³/mol. The Morgan fingerprint density at radius 1 is 1.16 bits per heavy atom. The van der Waals surface area contributed by atoms with Crippen molar-refractivity contribution in [2.75, 3.05) is 0 Å². The van der Waals surface area contributed by atoms with Crippen molar-refractivity contribution >= 4 is 0 Å². The second-order valence-electron chi connectivity index (χ2n) is 4.91. The molecule has 0 amide bonds. The maximum absolute atomic E-state index is 5.79. The minimum atomic E-state index is 0.598. The Morgan fingerprint density at radius 2 is 2.00 bits per heavy atom. The lowest BCUT2D eigenvalue weighted by atomic mass is 10.2. The second-order valence-corrected chi connectivity index (χ2v) is 4.91. The average Bonchev–Trinajstić information content (AvgIpc) is 3.29. The largest absolute Gasteiger partial charge is 0.489 e. The zero-order chi connectivity index (χ0) is 12.9. The van der Waals surface area contributed by atoms with E-state index in [1.165, 1.54) is 18.4 Å². The molecule has 1 fully saturated rings. The molecule has 1 aromatic heterocycles. The molecule has 1 aliphatic rings. The van der Waals surface area contributed by atoms with Gasteiger partial charge in [0.25, 0.3) is 0 Å². The molecule has 1 aliphatic carbocycles. The summed E-state index contributed by atoms with van der Waals surface area (Å²) in [6, 6.07) is 14.8. The molecule has 1 heterocycles. The number of benzene rings is 1. The smallest absolute Gasteiger partial charge is 0.123 e. The fourth-order valence-corrected chi connectivity index (χ4v) is 1.92. The van der Waals surface area contributed by atoms with Crippen LogP contribution >= 0.6 is 0 Å². The van der Waals surface area contributed by atoms with Crippen LogP contribution in [-0.4, -0.2) is 11.0 Å². The summed E-state index contributed by atoms with van der Waals surface area (Å²) in [7, 11) is 0. The number of pyridine rings is 1. The minimum Gasteiger partial charge on any atom is -0.489 e. The lowest BCUT2D eigenvalue weighted by molar-refractivity contribution is 0.305. The summed E-state index contributed by atoms with van der Waals surface area (Å²) >= 11 is 0. The summed E-state index contributed by atoms with van der Waals surface area (Å²) in [5.41, 5.74) is 2.22. The van der Waals surface area contributed by atoms with Gasteiger partial charge in [-0.25, -0.2) is 0 Å². The van der Waals surface area contributed by atoms with Crippen molar-refractivity contribution in [1.82, 2.24) is 10.3 Å². The summed E-state index contributed by atoms with van der Waals surface area (Å²) < 4.78 is 5.79. The van der Waals surface area contributed by atoms with Crippen LogP contribution in [0.4, 0.5) is 0 Å². The molecule has 98 valence electrons. The zero-order valence-electron chi connectivity index (χ0n) is 10.9. The number of hydrogen-bond acceptors (Lipinski definition) is 3. The first kappa shape index (κ1) is 12.2. The molecule has 1 aromatic carbocycles. The number of nitrogens with zero attached hydrogens (tertiary/aromatic N) is 1. The first-order valence-corrected chi connectivity index (χ1v) is 6.75. The predicted octanol–water partition coefficient (Wildman–Crippen LogP) is 2.91. The molecule has 3 rings (SSSR count). The molecular weight excluding hydrogens is 236 g/mol. The van der Waals surface area contributed by atoms with Crippen molar-refractivity contribution in [3.63, 3.8) is 0 Å². The Labute approximate surface area is 113 Å².